The Kier molecular flexibility index (Phi) is 2.57. The zero-order valence-electron chi connectivity index (χ0n) is 10.9. The summed E-state index contributed by atoms with van der Waals surface area (Å²) in [5, 5.41) is 2.34. The third-order valence-electron chi connectivity index (χ3n) is 4.26. The molecule has 3 nitrogen and oxygen atoms in total. The topological polar surface area (TPSA) is 31.4 Å². The van der Waals surface area contributed by atoms with E-state index in [1.54, 1.807) is 0 Å². The van der Waals surface area contributed by atoms with Crippen LogP contribution in [0.2, 0.25) is 0 Å². The lowest BCUT2D eigenvalue weighted by molar-refractivity contribution is 0.174. The molecule has 1 aromatic heterocycles. The maximum absolute atomic E-state index is 5.45. The number of rotatable bonds is 1. The van der Waals surface area contributed by atoms with Crippen LogP contribution in [0.25, 0.3) is 10.8 Å². The van der Waals surface area contributed by atoms with Crippen molar-refractivity contribution in [2.45, 2.75) is 38.0 Å². The summed E-state index contributed by atoms with van der Waals surface area (Å²) in [6, 6.07) is 6.33. The van der Waals surface area contributed by atoms with Crippen molar-refractivity contribution < 1.29 is 9.47 Å². The van der Waals surface area contributed by atoms with E-state index in [0.29, 0.717) is 12.7 Å². The molecule has 0 atom stereocenters. The van der Waals surface area contributed by atoms with E-state index in [4.69, 9.17) is 9.47 Å². The van der Waals surface area contributed by atoms with Gasteiger partial charge in [-0.2, -0.15) is 0 Å². The molecule has 0 amide bonds. The molecule has 0 bridgehead atoms. The Morgan fingerprint density at radius 2 is 1.63 bits per heavy atom. The lowest BCUT2D eigenvalue weighted by atomic mass is 9.86. The van der Waals surface area contributed by atoms with Crippen molar-refractivity contribution in [3.05, 3.63) is 30.1 Å². The van der Waals surface area contributed by atoms with Gasteiger partial charge in [-0.25, -0.2) is 0 Å². The van der Waals surface area contributed by atoms with Crippen LogP contribution in [-0.4, -0.2) is 11.8 Å². The molecule has 0 N–H and O–H groups in total. The van der Waals surface area contributed by atoms with Crippen molar-refractivity contribution >= 4 is 10.8 Å². The molecular formula is C16H17NO2. The molecule has 0 saturated heterocycles. The zero-order chi connectivity index (χ0) is 12.7. The third kappa shape index (κ3) is 1.93. The Labute approximate surface area is 112 Å². The van der Waals surface area contributed by atoms with E-state index in [1.807, 2.05) is 12.3 Å². The second kappa shape index (κ2) is 4.41. The Balaban J connectivity index is 1.76. The number of benzene rings is 1. The molecule has 0 spiro atoms. The second-order valence-electron chi connectivity index (χ2n) is 5.50. The normalized spacial score (nSPS) is 18.9. The maximum Gasteiger partial charge on any atom is 0.231 e. The van der Waals surface area contributed by atoms with Gasteiger partial charge < -0.3 is 9.47 Å². The maximum atomic E-state index is 5.45. The summed E-state index contributed by atoms with van der Waals surface area (Å²) in [5.74, 6) is 2.33. The smallest absolute Gasteiger partial charge is 0.231 e. The highest BCUT2D eigenvalue weighted by Crippen LogP contribution is 2.38. The average Bonchev–Trinajstić information content (AvgIpc) is 2.92. The van der Waals surface area contributed by atoms with Gasteiger partial charge in [0.15, 0.2) is 11.5 Å². The highest BCUT2D eigenvalue weighted by molar-refractivity contribution is 5.86. The highest BCUT2D eigenvalue weighted by Gasteiger charge is 2.18. The van der Waals surface area contributed by atoms with Crippen LogP contribution in [0.3, 0.4) is 0 Å². The van der Waals surface area contributed by atoms with Gasteiger partial charge in [-0.3, -0.25) is 4.98 Å². The van der Waals surface area contributed by atoms with E-state index in [0.717, 1.165) is 16.9 Å². The van der Waals surface area contributed by atoms with Crippen molar-refractivity contribution in [3.63, 3.8) is 0 Å². The molecule has 98 valence electrons. The highest BCUT2D eigenvalue weighted by atomic mass is 16.7. The summed E-state index contributed by atoms with van der Waals surface area (Å²) < 4.78 is 10.9. The summed E-state index contributed by atoms with van der Waals surface area (Å²) in [6.07, 6.45) is 8.59. The Bertz CT molecular complexity index is 617. The van der Waals surface area contributed by atoms with Crippen molar-refractivity contribution in [1.82, 2.24) is 4.98 Å². The Morgan fingerprint density at radius 3 is 2.42 bits per heavy atom. The molecule has 0 radical (unpaired) electrons. The largest absolute Gasteiger partial charge is 0.454 e. The molecule has 19 heavy (non-hydrogen) atoms. The number of ether oxygens (including phenoxy) is 2. The molecule has 3 heteroatoms. The first-order chi connectivity index (χ1) is 9.40. The minimum Gasteiger partial charge on any atom is -0.454 e. The molecule has 4 rings (SSSR count). The number of aromatic nitrogens is 1. The fourth-order valence-electron chi connectivity index (χ4n) is 3.17. The zero-order valence-corrected chi connectivity index (χ0v) is 10.9. The predicted octanol–water partition coefficient (Wildman–Crippen LogP) is 4.01. The molecule has 2 aromatic rings. The number of nitrogens with zero attached hydrogens (tertiary/aromatic N) is 1. The van der Waals surface area contributed by atoms with Gasteiger partial charge in [-0.05, 0) is 36.4 Å². The van der Waals surface area contributed by atoms with Gasteiger partial charge in [0.1, 0.15) is 0 Å². The molecule has 1 saturated carbocycles. The van der Waals surface area contributed by atoms with Crippen molar-refractivity contribution in [2.75, 3.05) is 6.79 Å². The van der Waals surface area contributed by atoms with Crippen LogP contribution in [0.15, 0.2) is 24.4 Å². The molecule has 0 unspecified atom stereocenters. The van der Waals surface area contributed by atoms with Crippen LogP contribution >= 0.6 is 0 Å². The fourth-order valence-corrected chi connectivity index (χ4v) is 3.17. The molecule has 1 aliphatic carbocycles. The minimum absolute atomic E-state index is 0.328. The predicted molar refractivity (Wildman–Crippen MR) is 73.7 cm³/mol. The lowest BCUT2D eigenvalue weighted by Crippen LogP contribution is -2.06. The minimum atomic E-state index is 0.328. The standard InChI is InChI=1S/C16H17NO2/c1-2-4-11(5-3-1)14-6-12-7-15-16(19-10-18-15)8-13(12)9-17-14/h6-9,11H,1-5,10H2. The van der Waals surface area contributed by atoms with E-state index in [-0.39, 0.29) is 0 Å². The van der Waals surface area contributed by atoms with E-state index >= 15 is 0 Å². The first-order valence-corrected chi connectivity index (χ1v) is 7.09. The number of fused-ring (bicyclic) bond motifs is 2. The SMILES string of the molecule is c1nc(C2CCCCC2)cc2cc3c(cc12)OCO3. The number of pyridine rings is 1. The van der Waals surface area contributed by atoms with E-state index in [9.17, 15) is 0 Å². The lowest BCUT2D eigenvalue weighted by Gasteiger charge is -2.21. The summed E-state index contributed by atoms with van der Waals surface area (Å²) in [4.78, 5) is 4.66. The van der Waals surface area contributed by atoms with Crippen molar-refractivity contribution in [1.29, 1.82) is 0 Å². The number of hydrogen-bond donors (Lipinski definition) is 0. The third-order valence-corrected chi connectivity index (χ3v) is 4.26. The molecular weight excluding hydrogens is 238 g/mol. The quantitative estimate of drug-likeness (QED) is 0.771. The first-order valence-electron chi connectivity index (χ1n) is 7.09. The van der Waals surface area contributed by atoms with Gasteiger partial charge in [-0.15, -0.1) is 0 Å². The Morgan fingerprint density at radius 1 is 0.895 bits per heavy atom. The molecule has 2 heterocycles. The Hall–Kier alpha value is -1.77. The van der Waals surface area contributed by atoms with Crippen LogP contribution in [0, 0.1) is 0 Å². The van der Waals surface area contributed by atoms with Crippen molar-refractivity contribution in [3.8, 4) is 11.5 Å². The average molecular weight is 255 g/mol. The van der Waals surface area contributed by atoms with Crippen LogP contribution in [0.1, 0.15) is 43.7 Å². The molecule has 1 fully saturated rings. The monoisotopic (exact) mass is 255 g/mol. The van der Waals surface area contributed by atoms with E-state index < -0.39 is 0 Å². The van der Waals surface area contributed by atoms with Gasteiger partial charge in [0, 0.05) is 23.2 Å². The summed E-state index contributed by atoms with van der Waals surface area (Å²) in [5.41, 5.74) is 1.24. The van der Waals surface area contributed by atoms with Crippen LogP contribution < -0.4 is 9.47 Å². The number of hydrogen-bond acceptors (Lipinski definition) is 3. The molecule has 1 aliphatic heterocycles. The van der Waals surface area contributed by atoms with Crippen molar-refractivity contribution in [2.24, 2.45) is 0 Å². The van der Waals surface area contributed by atoms with Crippen LogP contribution in [0.4, 0.5) is 0 Å². The van der Waals surface area contributed by atoms with Crippen LogP contribution in [0.5, 0.6) is 11.5 Å². The van der Waals surface area contributed by atoms with E-state index in [2.05, 4.69) is 17.1 Å². The van der Waals surface area contributed by atoms with E-state index in [1.165, 1.54) is 43.2 Å². The summed E-state index contributed by atoms with van der Waals surface area (Å²) >= 11 is 0. The van der Waals surface area contributed by atoms with Gasteiger partial charge >= 0.3 is 0 Å². The van der Waals surface area contributed by atoms with Gasteiger partial charge in [0.25, 0.3) is 0 Å². The molecule has 1 aromatic carbocycles. The van der Waals surface area contributed by atoms with Crippen LogP contribution in [-0.2, 0) is 0 Å². The fraction of sp³-hybridized carbons (Fsp3) is 0.438. The van der Waals surface area contributed by atoms with Gasteiger partial charge in [-0.1, -0.05) is 19.3 Å². The molecule has 2 aliphatic rings. The van der Waals surface area contributed by atoms with Gasteiger partial charge in [0.05, 0.1) is 0 Å². The second-order valence-corrected chi connectivity index (χ2v) is 5.50. The first kappa shape index (κ1) is 11.1. The van der Waals surface area contributed by atoms with Gasteiger partial charge in [0.2, 0.25) is 6.79 Å². The summed E-state index contributed by atoms with van der Waals surface area (Å²) in [6.45, 7) is 0.328. The summed E-state index contributed by atoms with van der Waals surface area (Å²) in [7, 11) is 0.